The third-order valence-electron chi connectivity index (χ3n) is 2.92. The highest BCUT2D eigenvalue weighted by Gasteiger charge is 2.05. The van der Waals surface area contributed by atoms with Gasteiger partial charge >= 0.3 is 4.87 Å². The first-order valence-corrected chi connectivity index (χ1v) is 7.50. The number of amides is 1. The molecule has 1 heterocycles. The van der Waals surface area contributed by atoms with Crippen molar-refractivity contribution in [1.82, 2.24) is 9.88 Å². The molecular weight excluding hydrogens is 284 g/mol. The summed E-state index contributed by atoms with van der Waals surface area (Å²) in [6.07, 6.45) is 0.282. The summed E-state index contributed by atoms with van der Waals surface area (Å²) in [5.74, 6) is 5.77. The summed E-state index contributed by atoms with van der Waals surface area (Å²) in [4.78, 5) is 23.2. The number of hydrogen-bond acceptors (Lipinski definition) is 3. The molecule has 2 rings (SSSR count). The van der Waals surface area contributed by atoms with E-state index in [0.29, 0.717) is 13.1 Å². The predicted octanol–water partition coefficient (Wildman–Crippen LogP) is 1.78. The van der Waals surface area contributed by atoms with Gasteiger partial charge in [0.25, 0.3) is 0 Å². The van der Waals surface area contributed by atoms with Gasteiger partial charge < -0.3 is 9.88 Å². The zero-order chi connectivity index (χ0) is 15.1. The van der Waals surface area contributed by atoms with Crippen molar-refractivity contribution >= 4 is 17.2 Å². The Kier molecular flexibility index (Phi) is 5.35. The topological polar surface area (TPSA) is 51.1 Å². The first-order valence-electron chi connectivity index (χ1n) is 6.62. The van der Waals surface area contributed by atoms with E-state index in [1.54, 1.807) is 9.95 Å². The van der Waals surface area contributed by atoms with Gasteiger partial charge in [-0.2, -0.15) is 0 Å². The minimum atomic E-state index is -0.102. The summed E-state index contributed by atoms with van der Waals surface area (Å²) in [6.45, 7) is 2.58. The van der Waals surface area contributed by atoms with Crippen molar-refractivity contribution in [2.24, 2.45) is 0 Å². The van der Waals surface area contributed by atoms with Crippen LogP contribution < -0.4 is 10.2 Å². The van der Waals surface area contributed by atoms with Crippen LogP contribution >= 0.6 is 11.3 Å². The molecule has 0 aliphatic heterocycles. The molecule has 1 amide bonds. The number of rotatable bonds is 4. The first-order chi connectivity index (χ1) is 10.2. The highest BCUT2D eigenvalue weighted by molar-refractivity contribution is 7.07. The van der Waals surface area contributed by atoms with Crippen molar-refractivity contribution in [3.63, 3.8) is 0 Å². The van der Waals surface area contributed by atoms with E-state index in [-0.39, 0.29) is 17.2 Å². The summed E-state index contributed by atoms with van der Waals surface area (Å²) in [6, 6.07) is 9.61. The number of aromatic nitrogens is 1. The van der Waals surface area contributed by atoms with E-state index in [2.05, 4.69) is 17.2 Å². The Balaban J connectivity index is 1.76. The lowest BCUT2D eigenvalue weighted by atomic mass is 10.2. The molecule has 0 spiro atoms. The van der Waals surface area contributed by atoms with Crippen molar-refractivity contribution in [2.75, 3.05) is 6.54 Å². The van der Waals surface area contributed by atoms with Crippen molar-refractivity contribution < 1.29 is 4.79 Å². The van der Waals surface area contributed by atoms with E-state index in [1.165, 1.54) is 0 Å². The van der Waals surface area contributed by atoms with Crippen LogP contribution in [-0.2, 0) is 11.3 Å². The Bertz CT molecular complexity index is 720. The summed E-state index contributed by atoms with van der Waals surface area (Å²) in [7, 11) is 0. The first kappa shape index (κ1) is 15.1. The lowest BCUT2D eigenvalue weighted by molar-refractivity contribution is -0.121. The molecule has 0 saturated heterocycles. The van der Waals surface area contributed by atoms with E-state index >= 15 is 0 Å². The van der Waals surface area contributed by atoms with Gasteiger partial charge in [-0.15, -0.1) is 0 Å². The normalized spacial score (nSPS) is 9.76. The van der Waals surface area contributed by atoms with Crippen molar-refractivity contribution in [3.05, 3.63) is 56.6 Å². The highest BCUT2D eigenvalue weighted by Crippen LogP contribution is 2.00. The summed E-state index contributed by atoms with van der Waals surface area (Å²) in [5.41, 5.74) is 1.81. The summed E-state index contributed by atoms with van der Waals surface area (Å²) in [5, 5.41) is 4.53. The van der Waals surface area contributed by atoms with Gasteiger partial charge in [0.2, 0.25) is 5.91 Å². The van der Waals surface area contributed by atoms with E-state index in [9.17, 15) is 9.59 Å². The fourth-order valence-corrected chi connectivity index (χ4v) is 2.55. The second kappa shape index (κ2) is 7.46. The lowest BCUT2D eigenvalue weighted by Crippen LogP contribution is -2.26. The van der Waals surface area contributed by atoms with E-state index in [0.717, 1.165) is 22.6 Å². The molecule has 1 aromatic heterocycles. The van der Waals surface area contributed by atoms with Gasteiger partial charge in [0.1, 0.15) is 0 Å². The maximum absolute atomic E-state index is 11.7. The molecular formula is C16H16N2O2S. The number of nitrogens with zero attached hydrogens (tertiary/aromatic N) is 1. The Hall–Kier alpha value is -2.32. The predicted molar refractivity (Wildman–Crippen MR) is 84.3 cm³/mol. The SMILES string of the molecule is Cc1csc(=O)n1CCC(=O)NCC#Cc1ccccc1. The number of hydrogen-bond donors (Lipinski definition) is 1. The van der Waals surface area contributed by atoms with Gasteiger partial charge in [0.05, 0.1) is 6.54 Å². The van der Waals surface area contributed by atoms with Crippen LogP contribution in [0.1, 0.15) is 17.7 Å². The summed E-state index contributed by atoms with van der Waals surface area (Å²) >= 11 is 1.16. The van der Waals surface area contributed by atoms with Crippen LogP contribution in [0.5, 0.6) is 0 Å². The maximum atomic E-state index is 11.7. The van der Waals surface area contributed by atoms with E-state index in [4.69, 9.17) is 0 Å². The molecule has 0 aliphatic carbocycles. The quantitative estimate of drug-likeness (QED) is 0.875. The molecule has 2 aromatic rings. The molecule has 4 nitrogen and oxygen atoms in total. The van der Waals surface area contributed by atoms with Crippen molar-refractivity contribution in [2.45, 2.75) is 19.9 Å². The largest absolute Gasteiger partial charge is 0.345 e. The van der Waals surface area contributed by atoms with Crippen LogP contribution in [0.2, 0.25) is 0 Å². The van der Waals surface area contributed by atoms with Crippen LogP contribution in [-0.4, -0.2) is 17.0 Å². The van der Waals surface area contributed by atoms with E-state index in [1.807, 2.05) is 37.3 Å². The van der Waals surface area contributed by atoms with Crippen LogP contribution in [0.25, 0.3) is 0 Å². The number of carbonyl (C=O) groups excluding carboxylic acids is 1. The molecule has 0 aliphatic rings. The number of carbonyl (C=O) groups is 1. The van der Waals surface area contributed by atoms with Crippen LogP contribution in [0.3, 0.4) is 0 Å². The molecule has 5 heteroatoms. The Morgan fingerprint density at radius 2 is 2.10 bits per heavy atom. The molecule has 108 valence electrons. The van der Waals surface area contributed by atoms with Gasteiger partial charge in [0.15, 0.2) is 0 Å². The summed E-state index contributed by atoms with van der Waals surface area (Å²) < 4.78 is 1.61. The number of aryl methyl sites for hydroxylation is 1. The molecule has 0 bridgehead atoms. The highest BCUT2D eigenvalue weighted by atomic mass is 32.1. The monoisotopic (exact) mass is 300 g/mol. The molecule has 1 aromatic carbocycles. The standard InChI is InChI=1S/C16H16N2O2S/c1-13-12-21-16(20)18(13)11-9-15(19)17-10-5-8-14-6-3-2-4-7-14/h2-4,6-7,12H,9-11H2,1H3,(H,17,19). The van der Waals surface area contributed by atoms with Gasteiger partial charge in [-0.3, -0.25) is 9.59 Å². The maximum Gasteiger partial charge on any atom is 0.307 e. The molecule has 0 radical (unpaired) electrons. The molecule has 1 N–H and O–H groups in total. The number of benzene rings is 1. The fraction of sp³-hybridized carbons (Fsp3) is 0.250. The average molecular weight is 300 g/mol. The van der Waals surface area contributed by atoms with Crippen LogP contribution in [0.4, 0.5) is 0 Å². The number of thiazole rings is 1. The van der Waals surface area contributed by atoms with Gasteiger partial charge in [-0.25, -0.2) is 0 Å². The second-order valence-electron chi connectivity index (χ2n) is 4.49. The Morgan fingerprint density at radius 1 is 1.33 bits per heavy atom. The zero-order valence-electron chi connectivity index (χ0n) is 11.8. The minimum Gasteiger partial charge on any atom is -0.345 e. The number of nitrogens with one attached hydrogen (secondary N) is 1. The Morgan fingerprint density at radius 3 is 2.76 bits per heavy atom. The van der Waals surface area contributed by atoms with Gasteiger partial charge in [-0.05, 0) is 19.1 Å². The lowest BCUT2D eigenvalue weighted by Gasteiger charge is -2.04. The van der Waals surface area contributed by atoms with Gasteiger partial charge in [-0.1, -0.05) is 41.4 Å². The molecule has 0 saturated carbocycles. The molecule has 0 atom stereocenters. The van der Waals surface area contributed by atoms with E-state index < -0.39 is 0 Å². The second-order valence-corrected chi connectivity index (χ2v) is 5.31. The van der Waals surface area contributed by atoms with Gasteiger partial charge in [0, 0.05) is 29.6 Å². The average Bonchev–Trinajstić information content (AvgIpc) is 2.81. The smallest absolute Gasteiger partial charge is 0.307 e. The minimum absolute atomic E-state index is 0.0239. The van der Waals surface area contributed by atoms with Crippen LogP contribution in [0.15, 0.2) is 40.5 Å². The van der Waals surface area contributed by atoms with Crippen LogP contribution in [0, 0.1) is 18.8 Å². The molecule has 0 fully saturated rings. The fourth-order valence-electron chi connectivity index (χ4n) is 1.79. The molecule has 21 heavy (non-hydrogen) atoms. The van der Waals surface area contributed by atoms with Crippen molar-refractivity contribution in [3.8, 4) is 11.8 Å². The van der Waals surface area contributed by atoms with Crippen molar-refractivity contribution in [1.29, 1.82) is 0 Å². The third kappa shape index (κ3) is 4.62. The Labute approximate surface area is 127 Å². The third-order valence-corrected chi connectivity index (χ3v) is 3.80. The zero-order valence-corrected chi connectivity index (χ0v) is 12.6. The molecule has 0 unspecified atom stereocenters.